The zero-order chi connectivity index (χ0) is 27.4. The summed E-state index contributed by atoms with van der Waals surface area (Å²) in [6.07, 6.45) is 7.49. The highest BCUT2D eigenvalue weighted by Gasteiger charge is 2.43. The van der Waals surface area contributed by atoms with E-state index in [0.29, 0.717) is 47.4 Å². The molecule has 1 aliphatic carbocycles. The van der Waals surface area contributed by atoms with E-state index in [4.69, 9.17) is 9.47 Å². The molecule has 1 N–H and O–H groups in total. The van der Waals surface area contributed by atoms with Gasteiger partial charge in [0.1, 0.15) is 11.6 Å². The first kappa shape index (κ1) is 26.8. The number of hydrogen-bond donors (Lipinski definition) is 1. The quantitative estimate of drug-likeness (QED) is 0.409. The Labute approximate surface area is 224 Å². The van der Waals surface area contributed by atoms with Crippen LogP contribution in [0.15, 0.2) is 60.7 Å². The molecule has 3 aromatic rings. The highest BCUT2D eigenvalue weighted by Crippen LogP contribution is 2.41. The zero-order valence-electron chi connectivity index (χ0n) is 21.6. The first-order valence-electron chi connectivity index (χ1n) is 13.1. The summed E-state index contributed by atoms with van der Waals surface area (Å²) in [7, 11) is 1.71. The molecule has 1 saturated carbocycles. The predicted molar refractivity (Wildman–Crippen MR) is 139 cm³/mol. The van der Waals surface area contributed by atoms with Gasteiger partial charge in [0.25, 0.3) is 0 Å². The molecule has 2 heterocycles. The number of halogens is 2. The smallest absolute Gasteiger partial charge is 0.305 e. The third-order valence-electron chi connectivity index (χ3n) is 7.13. The predicted octanol–water partition coefficient (Wildman–Crippen LogP) is 5.31. The van der Waals surface area contributed by atoms with Gasteiger partial charge in [-0.3, -0.25) is 4.79 Å². The summed E-state index contributed by atoms with van der Waals surface area (Å²) in [6.45, 7) is 0. The molecule has 204 valence electrons. The minimum atomic E-state index is -0.920. The van der Waals surface area contributed by atoms with E-state index in [2.05, 4.69) is 15.5 Å². The Hall–Kier alpha value is -3.76. The highest BCUT2D eigenvalue weighted by molar-refractivity contribution is 6.00. The van der Waals surface area contributed by atoms with Gasteiger partial charge < -0.3 is 14.6 Å². The second-order valence-corrected chi connectivity index (χ2v) is 9.99. The number of carbonyl (C=O) groups is 1. The molecular formula is C29H30F2N4O4. The van der Waals surface area contributed by atoms with Crippen LogP contribution in [0.25, 0.3) is 11.1 Å². The average molecular weight is 537 g/mol. The van der Waals surface area contributed by atoms with Crippen LogP contribution in [-0.2, 0) is 21.3 Å². The van der Waals surface area contributed by atoms with Gasteiger partial charge in [0.2, 0.25) is 0 Å². The molecule has 2 unspecified atom stereocenters. The van der Waals surface area contributed by atoms with E-state index in [1.165, 1.54) is 28.9 Å². The minimum Gasteiger partial charge on any atom is -0.481 e. The minimum absolute atomic E-state index is 0.109. The van der Waals surface area contributed by atoms with Crippen LogP contribution in [0.2, 0.25) is 0 Å². The van der Waals surface area contributed by atoms with E-state index >= 15 is 0 Å². The summed E-state index contributed by atoms with van der Waals surface area (Å²) in [4.78, 5) is 11.5. The summed E-state index contributed by atoms with van der Waals surface area (Å²) >= 11 is 0. The number of aliphatic carboxylic acids is 1. The monoisotopic (exact) mass is 536 g/mol. The van der Waals surface area contributed by atoms with Crippen LogP contribution in [0.5, 0.6) is 0 Å². The molecule has 1 saturated heterocycles. The number of ether oxygens (including phenoxy) is 2. The van der Waals surface area contributed by atoms with Crippen molar-refractivity contribution < 1.29 is 28.2 Å². The van der Waals surface area contributed by atoms with Crippen molar-refractivity contribution in [2.75, 3.05) is 0 Å². The number of allylic oxidation sites excluding steroid dienone is 2. The van der Waals surface area contributed by atoms with Crippen molar-refractivity contribution in [3.63, 3.8) is 0 Å². The number of tetrazole rings is 1. The summed E-state index contributed by atoms with van der Waals surface area (Å²) in [5, 5.41) is 21.5. The number of rotatable bonds is 7. The Morgan fingerprint density at radius 3 is 2.18 bits per heavy atom. The maximum absolute atomic E-state index is 13.8. The van der Waals surface area contributed by atoms with E-state index in [1.54, 1.807) is 31.3 Å². The van der Waals surface area contributed by atoms with Gasteiger partial charge in [0, 0.05) is 31.9 Å². The van der Waals surface area contributed by atoms with Crippen LogP contribution in [-0.4, -0.2) is 49.3 Å². The van der Waals surface area contributed by atoms with Crippen molar-refractivity contribution in [3.8, 4) is 0 Å². The van der Waals surface area contributed by atoms with Crippen LogP contribution >= 0.6 is 0 Å². The summed E-state index contributed by atoms with van der Waals surface area (Å²) < 4.78 is 41.9. The highest BCUT2D eigenvalue weighted by atomic mass is 19.1. The first-order chi connectivity index (χ1) is 18.8. The van der Waals surface area contributed by atoms with Crippen molar-refractivity contribution >= 4 is 17.1 Å². The summed E-state index contributed by atoms with van der Waals surface area (Å²) in [6, 6.07) is 12.0. The third kappa shape index (κ3) is 6.29. The van der Waals surface area contributed by atoms with Crippen LogP contribution < -0.4 is 0 Å². The van der Waals surface area contributed by atoms with Gasteiger partial charge in [-0.15, -0.1) is 5.10 Å². The van der Waals surface area contributed by atoms with E-state index in [1.807, 2.05) is 12.2 Å². The summed E-state index contributed by atoms with van der Waals surface area (Å²) in [5.74, 6) is -2.05. The van der Waals surface area contributed by atoms with Crippen LogP contribution in [0, 0.1) is 11.6 Å². The van der Waals surface area contributed by atoms with Crippen molar-refractivity contribution in [3.05, 3.63) is 89.3 Å². The second kappa shape index (κ2) is 11.5. The summed E-state index contributed by atoms with van der Waals surface area (Å²) in [5.41, 5.74) is 2.66. The van der Waals surface area contributed by atoms with Crippen molar-refractivity contribution in [2.24, 2.45) is 7.05 Å². The lowest BCUT2D eigenvalue weighted by molar-refractivity contribution is -0.320. The molecule has 39 heavy (non-hydrogen) atoms. The lowest BCUT2D eigenvalue weighted by Gasteiger charge is -2.46. The number of carboxylic acids is 1. The Morgan fingerprint density at radius 2 is 1.64 bits per heavy atom. The zero-order valence-corrected chi connectivity index (χ0v) is 21.6. The van der Waals surface area contributed by atoms with Gasteiger partial charge in [-0.1, -0.05) is 42.8 Å². The Balaban J connectivity index is 1.61. The molecular weight excluding hydrogens is 506 g/mol. The maximum Gasteiger partial charge on any atom is 0.305 e. The van der Waals surface area contributed by atoms with Crippen LogP contribution in [0.1, 0.15) is 61.9 Å². The fourth-order valence-corrected chi connectivity index (χ4v) is 5.37. The molecule has 5 rings (SSSR count). The molecule has 2 aromatic carbocycles. The van der Waals surface area contributed by atoms with E-state index in [-0.39, 0.29) is 18.1 Å². The molecule has 1 spiro atoms. The molecule has 10 heteroatoms. The fourth-order valence-electron chi connectivity index (χ4n) is 5.37. The average Bonchev–Trinajstić information content (AvgIpc) is 3.33. The standard InChI is InChI=1S/C29H30F2N4O4/c1-35-28(32-33-34-35)25(27(19-5-9-21(30)10-6-19)20-7-11-22(31)12-8-20)14-13-23-17-24(18-26(36)37)39-29(38-23)15-3-2-4-16-29/h5-14,23-24H,2-4,15-18H2,1H3,(H,36,37). The molecule has 2 atom stereocenters. The lowest BCUT2D eigenvalue weighted by atomic mass is 9.90. The molecule has 0 radical (unpaired) electrons. The molecule has 8 nitrogen and oxygen atoms in total. The molecule has 0 bridgehead atoms. The topological polar surface area (TPSA) is 99.4 Å². The first-order valence-corrected chi connectivity index (χ1v) is 13.1. The van der Waals surface area contributed by atoms with Gasteiger partial charge in [0.05, 0.1) is 18.6 Å². The Bertz CT molecular complexity index is 1320. The van der Waals surface area contributed by atoms with E-state index in [9.17, 15) is 18.7 Å². The van der Waals surface area contributed by atoms with E-state index < -0.39 is 24.0 Å². The van der Waals surface area contributed by atoms with Crippen molar-refractivity contribution in [2.45, 2.75) is 62.9 Å². The number of benzene rings is 2. The molecule has 1 aliphatic heterocycles. The lowest BCUT2D eigenvalue weighted by Crippen LogP contribution is -2.49. The van der Waals surface area contributed by atoms with E-state index in [0.717, 1.165) is 19.3 Å². The second-order valence-electron chi connectivity index (χ2n) is 9.99. The van der Waals surface area contributed by atoms with Crippen LogP contribution in [0.3, 0.4) is 0 Å². The number of nitrogens with zero attached hydrogens (tertiary/aromatic N) is 4. The fraction of sp³-hybridized carbons (Fsp3) is 0.379. The number of aryl methyl sites for hydroxylation is 1. The maximum atomic E-state index is 13.8. The van der Waals surface area contributed by atoms with Crippen molar-refractivity contribution in [1.29, 1.82) is 0 Å². The van der Waals surface area contributed by atoms with Crippen LogP contribution in [0.4, 0.5) is 8.78 Å². The third-order valence-corrected chi connectivity index (χ3v) is 7.13. The van der Waals surface area contributed by atoms with Crippen molar-refractivity contribution in [1.82, 2.24) is 20.2 Å². The van der Waals surface area contributed by atoms with Gasteiger partial charge in [-0.25, -0.2) is 13.5 Å². The number of aromatic nitrogens is 4. The Morgan fingerprint density at radius 1 is 1.03 bits per heavy atom. The molecule has 0 amide bonds. The van der Waals surface area contributed by atoms with Gasteiger partial charge >= 0.3 is 5.97 Å². The molecule has 1 aromatic heterocycles. The van der Waals surface area contributed by atoms with Gasteiger partial charge in [-0.05, 0) is 64.2 Å². The van der Waals surface area contributed by atoms with Gasteiger partial charge in [0.15, 0.2) is 11.6 Å². The number of carboxylic acid groups (broad SMARTS) is 1. The van der Waals surface area contributed by atoms with Gasteiger partial charge in [-0.2, -0.15) is 0 Å². The molecule has 2 fully saturated rings. The Kier molecular flexibility index (Phi) is 7.94. The molecule has 2 aliphatic rings. The normalized spacial score (nSPS) is 20.8. The number of hydrogen-bond acceptors (Lipinski definition) is 6. The largest absolute Gasteiger partial charge is 0.481 e. The SMILES string of the molecule is Cn1nnnc1C(C=CC1CC(CC(=O)O)OC2(CCCCC2)O1)=C(c1ccc(F)cc1)c1ccc(F)cc1.